The predicted octanol–water partition coefficient (Wildman–Crippen LogP) is 3.73. The average Bonchev–Trinajstić information content (AvgIpc) is 2.75. The van der Waals surface area contributed by atoms with Gasteiger partial charge in [-0.25, -0.2) is 9.59 Å². The monoisotopic (exact) mass is 423 g/mol. The van der Waals surface area contributed by atoms with E-state index in [-0.39, 0.29) is 29.4 Å². The van der Waals surface area contributed by atoms with Crippen molar-refractivity contribution < 1.29 is 23.5 Å². The van der Waals surface area contributed by atoms with E-state index in [4.69, 9.17) is 13.9 Å². The molecule has 0 saturated heterocycles. The molecule has 3 rings (SSSR count). The number of para-hydroxylation sites is 1. The highest BCUT2D eigenvalue weighted by Gasteiger charge is 2.15. The minimum atomic E-state index is -0.753. The Labute approximate surface area is 180 Å². The largest absolute Gasteiger partial charge is 0.482 e. The molecule has 0 atom stereocenters. The molecule has 0 aliphatic carbocycles. The fraction of sp³-hybridized carbons (Fsp3) is 0.292. The van der Waals surface area contributed by atoms with Crippen molar-refractivity contribution in [3.8, 4) is 11.5 Å². The maximum absolute atomic E-state index is 12.2. The van der Waals surface area contributed by atoms with Crippen molar-refractivity contribution in [2.45, 2.75) is 27.2 Å². The van der Waals surface area contributed by atoms with Crippen molar-refractivity contribution in [3.05, 3.63) is 70.1 Å². The van der Waals surface area contributed by atoms with Crippen molar-refractivity contribution in [1.29, 1.82) is 0 Å². The standard InChI is InChI=1S/C24H25NO6/c1-4-16-7-5-6-8-20(16)29-14-22(26)30-18-10-9-17-11-19(23(27)25-13-15(2)3)24(28)31-21(17)12-18/h5-12,15H,4,13-14H2,1-3H3,(H,25,27). The van der Waals surface area contributed by atoms with E-state index in [1.807, 2.05) is 39.0 Å². The van der Waals surface area contributed by atoms with Crippen LogP contribution in [0.1, 0.15) is 36.7 Å². The number of carbonyl (C=O) groups is 2. The van der Waals surface area contributed by atoms with Gasteiger partial charge in [0.15, 0.2) is 6.61 Å². The van der Waals surface area contributed by atoms with Gasteiger partial charge in [0.1, 0.15) is 22.6 Å². The molecule has 0 aliphatic rings. The lowest BCUT2D eigenvalue weighted by Gasteiger charge is -2.10. The second kappa shape index (κ2) is 9.93. The molecule has 7 nitrogen and oxygen atoms in total. The first-order valence-electron chi connectivity index (χ1n) is 10.1. The number of hydrogen-bond acceptors (Lipinski definition) is 6. The number of aryl methyl sites for hydroxylation is 1. The Hall–Kier alpha value is -3.61. The second-order valence-corrected chi connectivity index (χ2v) is 7.48. The summed E-state index contributed by atoms with van der Waals surface area (Å²) in [6, 6.07) is 13.6. The van der Waals surface area contributed by atoms with Gasteiger partial charge in [0.25, 0.3) is 5.91 Å². The molecule has 7 heteroatoms. The summed E-state index contributed by atoms with van der Waals surface area (Å²) >= 11 is 0. The van der Waals surface area contributed by atoms with Crippen LogP contribution in [0.3, 0.4) is 0 Å². The number of hydrogen-bond donors (Lipinski definition) is 1. The maximum atomic E-state index is 12.2. The highest BCUT2D eigenvalue weighted by molar-refractivity contribution is 5.96. The number of nitrogens with one attached hydrogen (secondary N) is 1. The third-order valence-corrected chi connectivity index (χ3v) is 4.55. The van der Waals surface area contributed by atoms with E-state index in [9.17, 15) is 14.4 Å². The highest BCUT2D eigenvalue weighted by atomic mass is 16.6. The Bertz CT molecular complexity index is 1150. The van der Waals surface area contributed by atoms with Crippen molar-refractivity contribution in [3.63, 3.8) is 0 Å². The maximum Gasteiger partial charge on any atom is 0.349 e. The Morgan fingerprint density at radius 3 is 2.61 bits per heavy atom. The topological polar surface area (TPSA) is 94.8 Å². The molecule has 31 heavy (non-hydrogen) atoms. The Kier molecular flexibility index (Phi) is 7.07. The van der Waals surface area contributed by atoms with Crippen LogP contribution in [0.25, 0.3) is 11.0 Å². The number of benzene rings is 2. The molecule has 1 amide bonds. The Morgan fingerprint density at radius 2 is 1.87 bits per heavy atom. The van der Waals surface area contributed by atoms with Crippen LogP contribution in [-0.4, -0.2) is 25.0 Å². The molecule has 0 unspecified atom stereocenters. The number of esters is 1. The lowest BCUT2D eigenvalue weighted by Crippen LogP contribution is -2.31. The SMILES string of the molecule is CCc1ccccc1OCC(=O)Oc1ccc2cc(C(=O)NCC(C)C)c(=O)oc2c1. The summed E-state index contributed by atoms with van der Waals surface area (Å²) in [6.07, 6.45) is 0.784. The molecule has 0 bridgehead atoms. The minimum absolute atomic E-state index is 0.0686. The van der Waals surface area contributed by atoms with Crippen LogP contribution >= 0.6 is 0 Å². The van der Waals surface area contributed by atoms with E-state index in [2.05, 4.69) is 5.32 Å². The molecule has 1 heterocycles. The lowest BCUT2D eigenvalue weighted by molar-refractivity contribution is -0.136. The van der Waals surface area contributed by atoms with E-state index < -0.39 is 17.5 Å². The first-order valence-corrected chi connectivity index (χ1v) is 10.1. The molecule has 162 valence electrons. The fourth-order valence-corrected chi connectivity index (χ4v) is 2.94. The zero-order valence-electron chi connectivity index (χ0n) is 17.8. The van der Waals surface area contributed by atoms with Gasteiger partial charge in [-0.2, -0.15) is 0 Å². The van der Waals surface area contributed by atoms with E-state index in [1.165, 1.54) is 12.1 Å². The zero-order chi connectivity index (χ0) is 22.4. The van der Waals surface area contributed by atoms with Crippen LogP contribution in [0.15, 0.2) is 57.7 Å². The molecule has 1 aromatic heterocycles. The minimum Gasteiger partial charge on any atom is -0.482 e. The van der Waals surface area contributed by atoms with Crippen molar-refractivity contribution in [2.24, 2.45) is 5.92 Å². The van der Waals surface area contributed by atoms with Crippen molar-refractivity contribution in [1.82, 2.24) is 5.32 Å². The molecule has 0 radical (unpaired) electrons. The lowest BCUT2D eigenvalue weighted by atomic mass is 10.1. The van der Waals surface area contributed by atoms with E-state index in [0.717, 1.165) is 12.0 Å². The molecule has 0 saturated carbocycles. The fourth-order valence-electron chi connectivity index (χ4n) is 2.94. The summed E-state index contributed by atoms with van der Waals surface area (Å²) in [4.78, 5) is 36.6. The third kappa shape index (κ3) is 5.72. The average molecular weight is 423 g/mol. The van der Waals surface area contributed by atoms with Crippen molar-refractivity contribution in [2.75, 3.05) is 13.2 Å². The van der Waals surface area contributed by atoms with Gasteiger partial charge in [-0.1, -0.05) is 39.0 Å². The molecule has 0 fully saturated rings. The van der Waals surface area contributed by atoms with Gasteiger partial charge in [0, 0.05) is 18.0 Å². The number of rotatable bonds is 8. The molecule has 1 N–H and O–H groups in total. The zero-order valence-corrected chi connectivity index (χ0v) is 17.8. The van der Waals surface area contributed by atoms with Gasteiger partial charge in [-0.15, -0.1) is 0 Å². The first-order chi connectivity index (χ1) is 14.9. The number of amides is 1. The van der Waals surface area contributed by atoms with Gasteiger partial charge in [-0.3, -0.25) is 4.79 Å². The summed E-state index contributed by atoms with van der Waals surface area (Å²) in [6.45, 7) is 6.12. The molecule has 2 aromatic carbocycles. The number of ether oxygens (including phenoxy) is 2. The predicted molar refractivity (Wildman–Crippen MR) is 117 cm³/mol. The second-order valence-electron chi connectivity index (χ2n) is 7.48. The van der Waals surface area contributed by atoms with Crippen LogP contribution in [-0.2, 0) is 11.2 Å². The molecule has 0 spiro atoms. The van der Waals surface area contributed by atoms with Gasteiger partial charge >= 0.3 is 11.6 Å². The van der Waals surface area contributed by atoms with Gasteiger partial charge in [0.2, 0.25) is 0 Å². The van der Waals surface area contributed by atoms with E-state index in [1.54, 1.807) is 18.2 Å². The van der Waals surface area contributed by atoms with Gasteiger partial charge in [-0.05, 0) is 42.2 Å². The number of fused-ring (bicyclic) bond motifs is 1. The van der Waals surface area contributed by atoms with Crippen LogP contribution in [0.2, 0.25) is 0 Å². The molecule has 3 aromatic rings. The van der Waals surface area contributed by atoms with E-state index in [0.29, 0.717) is 17.7 Å². The van der Waals surface area contributed by atoms with Crippen LogP contribution in [0.4, 0.5) is 0 Å². The number of carbonyl (C=O) groups excluding carboxylic acids is 2. The van der Waals surface area contributed by atoms with Crippen LogP contribution in [0, 0.1) is 5.92 Å². The summed E-state index contributed by atoms with van der Waals surface area (Å²) in [5.41, 5.74) is 0.390. The summed E-state index contributed by atoms with van der Waals surface area (Å²) in [7, 11) is 0. The Morgan fingerprint density at radius 1 is 1.10 bits per heavy atom. The third-order valence-electron chi connectivity index (χ3n) is 4.55. The smallest absolute Gasteiger partial charge is 0.349 e. The van der Waals surface area contributed by atoms with Gasteiger partial charge in [0.05, 0.1) is 0 Å². The molecule has 0 aliphatic heterocycles. The van der Waals surface area contributed by atoms with Gasteiger partial charge < -0.3 is 19.2 Å². The highest BCUT2D eigenvalue weighted by Crippen LogP contribution is 2.22. The summed E-state index contributed by atoms with van der Waals surface area (Å²) in [5, 5.41) is 3.24. The van der Waals surface area contributed by atoms with Crippen molar-refractivity contribution >= 4 is 22.8 Å². The van der Waals surface area contributed by atoms with Crippen LogP contribution < -0.4 is 20.4 Å². The molecular formula is C24H25NO6. The first kappa shape index (κ1) is 22.1. The quantitative estimate of drug-likeness (QED) is 0.337. The van der Waals surface area contributed by atoms with E-state index >= 15 is 0 Å². The normalized spacial score (nSPS) is 10.8. The summed E-state index contributed by atoms with van der Waals surface area (Å²) in [5.74, 6) is 0.0366. The van der Waals surface area contributed by atoms with Crippen LogP contribution in [0.5, 0.6) is 11.5 Å². The molecular weight excluding hydrogens is 398 g/mol. The summed E-state index contributed by atoms with van der Waals surface area (Å²) < 4.78 is 16.1. The Balaban J connectivity index is 1.69.